The summed E-state index contributed by atoms with van der Waals surface area (Å²) in [5.74, 6) is 1.00. The minimum Gasteiger partial charge on any atom is -0.492 e. The third-order valence-corrected chi connectivity index (χ3v) is 12.3. The van der Waals surface area contributed by atoms with Gasteiger partial charge in [-0.05, 0) is 66.2 Å². The molecule has 1 nitrogen and oxygen atoms in total. The Labute approximate surface area is 307 Å². The fraction of sp³-hybridized carbons (Fsp3) is 0.120. The molecule has 1 heterocycles. The summed E-state index contributed by atoms with van der Waals surface area (Å²) >= 11 is 1.93. The maximum atomic E-state index is 6.72. The average molecular weight is 687 g/mol. The molecule has 0 bridgehead atoms. The first-order chi connectivity index (χ1) is 25.8. The number of hydrogen-bond acceptors (Lipinski definition) is 2. The van der Waals surface area contributed by atoms with Gasteiger partial charge < -0.3 is 4.74 Å². The van der Waals surface area contributed by atoms with Crippen LogP contribution in [-0.4, -0.2) is 6.61 Å². The van der Waals surface area contributed by atoms with Crippen molar-refractivity contribution in [3.05, 3.63) is 152 Å². The lowest BCUT2D eigenvalue weighted by Gasteiger charge is -2.22. The van der Waals surface area contributed by atoms with Crippen molar-refractivity contribution < 1.29 is 4.74 Å². The number of unbranched alkanes of at least 4 members (excludes halogenated alkanes) is 3. The first kappa shape index (κ1) is 31.1. The van der Waals surface area contributed by atoms with Crippen LogP contribution in [0, 0.1) is 0 Å². The molecule has 9 aromatic carbocycles. The zero-order chi connectivity index (χ0) is 34.6. The summed E-state index contributed by atoms with van der Waals surface area (Å²) in [5, 5.41) is 15.1. The predicted octanol–water partition coefficient (Wildman–Crippen LogP) is 15.1. The van der Waals surface area contributed by atoms with Crippen molar-refractivity contribution in [3.63, 3.8) is 0 Å². The number of ether oxygens (including phenoxy) is 1. The van der Waals surface area contributed by atoms with Crippen LogP contribution in [0.25, 0.3) is 96.3 Å². The van der Waals surface area contributed by atoms with E-state index in [0.717, 1.165) is 18.8 Å². The zero-order valence-electron chi connectivity index (χ0n) is 29.3. The Morgan fingerprint density at radius 1 is 0.385 bits per heavy atom. The molecule has 0 spiro atoms. The van der Waals surface area contributed by atoms with Gasteiger partial charge in [-0.25, -0.2) is 0 Å². The van der Waals surface area contributed by atoms with E-state index in [1.165, 1.54) is 116 Å². The van der Waals surface area contributed by atoms with E-state index in [1.807, 2.05) is 11.3 Å². The zero-order valence-corrected chi connectivity index (χ0v) is 30.1. The fourth-order valence-corrected chi connectivity index (χ4v) is 9.98. The standard InChI is InChI=1S/C50H38OS/c1-2-3-4-15-31-51-48-40-25-13-11-23-38(40)47(39-24-12-14-26-41(39)48)46-36-21-9-7-19-34(36)45(35-20-8-10-22-37(35)46)44-28-16-27-42-43-30-29-32-17-5-6-18-33(32)49(43)52-50(42)44/h5-14,16-30H,2-4,15,31H2,1H3. The van der Waals surface area contributed by atoms with Crippen molar-refractivity contribution in [2.24, 2.45) is 0 Å². The molecule has 1 aromatic heterocycles. The molecule has 0 amide bonds. The molecule has 0 saturated carbocycles. The Morgan fingerprint density at radius 2 is 0.865 bits per heavy atom. The molecule has 10 rings (SSSR count). The van der Waals surface area contributed by atoms with E-state index >= 15 is 0 Å². The summed E-state index contributed by atoms with van der Waals surface area (Å²) in [4.78, 5) is 0. The van der Waals surface area contributed by atoms with Gasteiger partial charge in [-0.15, -0.1) is 11.3 Å². The Bertz CT molecular complexity index is 2870. The minimum atomic E-state index is 0.729. The summed E-state index contributed by atoms with van der Waals surface area (Å²) in [7, 11) is 0. The number of hydrogen-bond donors (Lipinski definition) is 0. The quantitative estimate of drug-likeness (QED) is 0.114. The fourth-order valence-electron chi connectivity index (χ4n) is 8.63. The SMILES string of the molecule is CCCCCCOc1c2ccccc2c(-c2c3ccccc3c(-c3cccc4c3sc3c5ccccc5ccc43)c3ccccc23)c2ccccc12. The van der Waals surface area contributed by atoms with E-state index in [-0.39, 0.29) is 0 Å². The van der Waals surface area contributed by atoms with Crippen molar-refractivity contribution in [3.8, 4) is 28.0 Å². The van der Waals surface area contributed by atoms with E-state index in [2.05, 4.69) is 159 Å². The van der Waals surface area contributed by atoms with Crippen molar-refractivity contribution in [2.75, 3.05) is 6.61 Å². The molecule has 250 valence electrons. The Hall–Kier alpha value is -5.70. The molecule has 0 saturated heterocycles. The molecule has 0 N–H and O–H groups in total. The van der Waals surface area contributed by atoms with Crippen LogP contribution < -0.4 is 4.74 Å². The summed E-state index contributed by atoms with van der Waals surface area (Å²) < 4.78 is 9.41. The number of fused-ring (bicyclic) bond motifs is 9. The van der Waals surface area contributed by atoms with Gasteiger partial charge in [0.2, 0.25) is 0 Å². The average Bonchev–Trinajstić information content (AvgIpc) is 3.60. The molecule has 52 heavy (non-hydrogen) atoms. The number of benzene rings is 9. The first-order valence-electron chi connectivity index (χ1n) is 18.6. The third-order valence-electron chi connectivity index (χ3n) is 11.0. The van der Waals surface area contributed by atoms with Crippen LogP contribution in [0.5, 0.6) is 5.75 Å². The van der Waals surface area contributed by atoms with E-state index in [4.69, 9.17) is 4.74 Å². The van der Waals surface area contributed by atoms with Gasteiger partial charge in [-0.2, -0.15) is 0 Å². The molecule has 2 heteroatoms. The van der Waals surface area contributed by atoms with Gasteiger partial charge in [0.05, 0.1) is 6.61 Å². The Morgan fingerprint density at radius 3 is 1.46 bits per heavy atom. The van der Waals surface area contributed by atoms with Crippen LogP contribution in [0.3, 0.4) is 0 Å². The molecule has 0 radical (unpaired) electrons. The van der Waals surface area contributed by atoms with E-state index < -0.39 is 0 Å². The number of thiophene rings is 1. The molecule has 0 atom stereocenters. The van der Waals surface area contributed by atoms with Crippen LogP contribution in [0.4, 0.5) is 0 Å². The number of rotatable bonds is 8. The summed E-state index contributed by atoms with van der Waals surface area (Å²) in [6.07, 6.45) is 4.73. The lowest BCUT2D eigenvalue weighted by Crippen LogP contribution is -2.00. The van der Waals surface area contributed by atoms with Gasteiger partial charge in [-0.1, -0.05) is 178 Å². The van der Waals surface area contributed by atoms with Gasteiger partial charge in [0.15, 0.2) is 0 Å². The minimum absolute atomic E-state index is 0.729. The Balaban J connectivity index is 1.29. The first-order valence-corrected chi connectivity index (χ1v) is 19.5. The molecule has 0 fully saturated rings. The molecule has 0 aliphatic rings. The molecule has 10 aromatic rings. The normalized spacial score (nSPS) is 11.9. The molecule has 0 aliphatic heterocycles. The van der Waals surface area contributed by atoms with Gasteiger partial charge in [0.1, 0.15) is 5.75 Å². The smallest absolute Gasteiger partial charge is 0.134 e. The van der Waals surface area contributed by atoms with Gasteiger partial charge in [0, 0.05) is 36.5 Å². The van der Waals surface area contributed by atoms with Crippen LogP contribution in [-0.2, 0) is 0 Å². The van der Waals surface area contributed by atoms with E-state index in [0.29, 0.717) is 0 Å². The molecular formula is C50H38OS. The Kier molecular flexibility index (Phi) is 7.65. The highest BCUT2D eigenvalue weighted by atomic mass is 32.1. The van der Waals surface area contributed by atoms with E-state index in [1.54, 1.807) is 0 Å². The van der Waals surface area contributed by atoms with Crippen molar-refractivity contribution in [1.29, 1.82) is 0 Å². The topological polar surface area (TPSA) is 9.23 Å². The third kappa shape index (κ3) is 4.82. The van der Waals surface area contributed by atoms with Gasteiger partial charge in [-0.3, -0.25) is 0 Å². The van der Waals surface area contributed by atoms with Crippen LogP contribution in [0.1, 0.15) is 32.6 Å². The van der Waals surface area contributed by atoms with Crippen LogP contribution in [0.2, 0.25) is 0 Å². The molecular weight excluding hydrogens is 649 g/mol. The van der Waals surface area contributed by atoms with Crippen LogP contribution >= 0.6 is 11.3 Å². The van der Waals surface area contributed by atoms with Crippen molar-refractivity contribution >= 4 is 85.4 Å². The second kappa shape index (κ2) is 12.8. The van der Waals surface area contributed by atoms with E-state index in [9.17, 15) is 0 Å². The second-order valence-electron chi connectivity index (χ2n) is 14.0. The van der Waals surface area contributed by atoms with Crippen LogP contribution in [0.15, 0.2) is 152 Å². The highest BCUT2D eigenvalue weighted by Crippen LogP contribution is 2.52. The van der Waals surface area contributed by atoms with Gasteiger partial charge in [0.25, 0.3) is 0 Å². The molecule has 0 unspecified atom stereocenters. The lowest BCUT2D eigenvalue weighted by atomic mass is 9.82. The monoisotopic (exact) mass is 686 g/mol. The van der Waals surface area contributed by atoms with Gasteiger partial charge >= 0.3 is 0 Å². The van der Waals surface area contributed by atoms with Crippen molar-refractivity contribution in [2.45, 2.75) is 32.6 Å². The lowest BCUT2D eigenvalue weighted by molar-refractivity contribution is 0.312. The van der Waals surface area contributed by atoms with Crippen molar-refractivity contribution in [1.82, 2.24) is 0 Å². The highest BCUT2D eigenvalue weighted by molar-refractivity contribution is 7.27. The largest absolute Gasteiger partial charge is 0.492 e. The molecule has 0 aliphatic carbocycles. The summed E-state index contributed by atoms with van der Waals surface area (Å²) in [6, 6.07) is 56.1. The second-order valence-corrected chi connectivity index (χ2v) is 15.0. The summed E-state index contributed by atoms with van der Waals surface area (Å²) in [6.45, 7) is 2.99. The maximum absolute atomic E-state index is 6.72. The summed E-state index contributed by atoms with van der Waals surface area (Å²) in [5.41, 5.74) is 5.15. The highest BCUT2D eigenvalue weighted by Gasteiger charge is 2.23. The maximum Gasteiger partial charge on any atom is 0.134 e. The predicted molar refractivity (Wildman–Crippen MR) is 227 cm³/mol.